The third-order valence-electron chi connectivity index (χ3n) is 5.16. The van der Waals surface area contributed by atoms with E-state index in [2.05, 4.69) is 41.5 Å². The fourth-order valence-corrected chi connectivity index (χ4v) is 2.79. The maximum Gasteiger partial charge on any atom is 0.160 e. The molecule has 3 heteroatoms. The molecule has 1 saturated heterocycles. The summed E-state index contributed by atoms with van der Waals surface area (Å²) in [5.74, 6) is 2.25. The van der Waals surface area contributed by atoms with Crippen molar-refractivity contribution in [2.45, 2.75) is 60.4 Å². The molecule has 1 heterocycles. The van der Waals surface area contributed by atoms with Crippen molar-refractivity contribution in [2.75, 3.05) is 13.2 Å². The standard InChI is InChI=1S/C16H32O3/c1-7-15-13(5)14(6)16(19-15)18-9-11(3)12(4)10(2)8-17/h10-17H,7-9H2,1-6H3/t10?,11?,12?,13-,14?,15-,16-/m1/s1. The zero-order valence-corrected chi connectivity index (χ0v) is 13.4. The van der Waals surface area contributed by atoms with Crippen molar-refractivity contribution in [3.05, 3.63) is 0 Å². The van der Waals surface area contributed by atoms with E-state index in [-0.39, 0.29) is 12.9 Å². The Hall–Kier alpha value is -0.120. The Morgan fingerprint density at radius 1 is 1.11 bits per heavy atom. The zero-order chi connectivity index (χ0) is 14.6. The lowest BCUT2D eigenvalue weighted by atomic mass is 9.86. The molecule has 19 heavy (non-hydrogen) atoms. The highest BCUT2D eigenvalue weighted by atomic mass is 16.7. The normalized spacial score (nSPS) is 36.2. The SMILES string of the molecule is CC[C@H]1O[C@@H](OCC(C)C(C)C(C)CO)C(C)[C@H]1C. The maximum atomic E-state index is 9.21. The van der Waals surface area contributed by atoms with Crippen LogP contribution < -0.4 is 0 Å². The molecule has 0 aromatic carbocycles. The Kier molecular flexibility index (Phi) is 6.78. The summed E-state index contributed by atoms with van der Waals surface area (Å²) in [7, 11) is 0. The monoisotopic (exact) mass is 272 g/mol. The lowest BCUT2D eigenvalue weighted by Crippen LogP contribution is -2.27. The summed E-state index contributed by atoms with van der Waals surface area (Å²) in [4.78, 5) is 0. The largest absolute Gasteiger partial charge is 0.396 e. The van der Waals surface area contributed by atoms with E-state index in [0.717, 1.165) is 6.42 Å². The predicted octanol–water partition coefficient (Wildman–Crippen LogP) is 3.31. The summed E-state index contributed by atoms with van der Waals surface area (Å²) in [5.41, 5.74) is 0. The third-order valence-corrected chi connectivity index (χ3v) is 5.16. The number of hydrogen-bond donors (Lipinski definition) is 1. The Balaban J connectivity index is 2.40. The lowest BCUT2D eigenvalue weighted by Gasteiger charge is -2.26. The minimum Gasteiger partial charge on any atom is -0.396 e. The predicted molar refractivity (Wildman–Crippen MR) is 77.8 cm³/mol. The molecule has 7 atom stereocenters. The summed E-state index contributed by atoms with van der Waals surface area (Å²) in [6, 6.07) is 0. The maximum absolute atomic E-state index is 9.21. The van der Waals surface area contributed by atoms with Gasteiger partial charge in [0.05, 0.1) is 12.7 Å². The van der Waals surface area contributed by atoms with E-state index in [1.807, 2.05) is 0 Å². The molecule has 0 aromatic rings. The fourth-order valence-electron chi connectivity index (χ4n) is 2.79. The highest BCUT2D eigenvalue weighted by Crippen LogP contribution is 2.34. The van der Waals surface area contributed by atoms with Crippen molar-refractivity contribution >= 4 is 0 Å². The summed E-state index contributed by atoms with van der Waals surface area (Å²) < 4.78 is 12.0. The molecule has 0 aromatic heterocycles. The third kappa shape index (κ3) is 4.17. The Bertz CT molecular complexity index is 256. The van der Waals surface area contributed by atoms with E-state index >= 15 is 0 Å². The summed E-state index contributed by atoms with van der Waals surface area (Å²) in [6.07, 6.45) is 1.34. The molecule has 0 saturated carbocycles. The minimum atomic E-state index is -0.0565. The molecule has 0 radical (unpaired) electrons. The van der Waals surface area contributed by atoms with Crippen molar-refractivity contribution in [2.24, 2.45) is 29.6 Å². The van der Waals surface area contributed by atoms with Crippen LogP contribution in [0.3, 0.4) is 0 Å². The van der Waals surface area contributed by atoms with E-state index in [9.17, 15) is 5.11 Å². The van der Waals surface area contributed by atoms with Gasteiger partial charge in [0.2, 0.25) is 0 Å². The van der Waals surface area contributed by atoms with Crippen LogP contribution in [-0.2, 0) is 9.47 Å². The van der Waals surface area contributed by atoms with Crippen LogP contribution in [0.15, 0.2) is 0 Å². The number of aliphatic hydroxyl groups is 1. The lowest BCUT2D eigenvalue weighted by molar-refractivity contribution is -0.157. The van der Waals surface area contributed by atoms with Gasteiger partial charge in [0.1, 0.15) is 0 Å². The molecule has 1 aliphatic heterocycles. The zero-order valence-electron chi connectivity index (χ0n) is 13.4. The Morgan fingerprint density at radius 3 is 2.21 bits per heavy atom. The first-order chi connectivity index (χ1) is 8.92. The number of rotatable bonds is 7. The van der Waals surface area contributed by atoms with Crippen LogP contribution in [0.2, 0.25) is 0 Å². The van der Waals surface area contributed by atoms with Crippen LogP contribution in [0.25, 0.3) is 0 Å². The highest BCUT2D eigenvalue weighted by molar-refractivity contribution is 4.81. The van der Waals surface area contributed by atoms with Gasteiger partial charge in [-0.25, -0.2) is 0 Å². The van der Waals surface area contributed by atoms with Crippen LogP contribution in [0, 0.1) is 29.6 Å². The van der Waals surface area contributed by atoms with Gasteiger partial charge < -0.3 is 14.6 Å². The van der Waals surface area contributed by atoms with Crippen LogP contribution in [-0.4, -0.2) is 30.7 Å². The number of hydrogen-bond acceptors (Lipinski definition) is 3. The van der Waals surface area contributed by atoms with E-state index in [4.69, 9.17) is 9.47 Å². The van der Waals surface area contributed by atoms with Crippen LogP contribution in [0.1, 0.15) is 48.0 Å². The molecule has 1 aliphatic rings. The van der Waals surface area contributed by atoms with E-state index in [0.29, 0.717) is 42.3 Å². The quantitative estimate of drug-likeness (QED) is 0.773. The highest BCUT2D eigenvalue weighted by Gasteiger charge is 2.38. The molecule has 114 valence electrons. The molecule has 1 fully saturated rings. The first-order valence-electron chi connectivity index (χ1n) is 7.80. The van der Waals surface area contributed by atoms with Gasteiger partial charge in [-0.05, 0) is 30.1 Å². The summed E-state index contributed by atoms with van der Waals surface area (Å²) >= 11 is 0. The molecule has 0 amide bonds. The average Bonchev–Trinajstić information content (AvgIpc) is 2.70. The first kappa shape index (κ1) is 16.9. The van der Waals surface area contributed by atoms with Crippen LogP contribution in [0.5, 0.6) is 0 Å². The molecular formula is C16H32O3. The number of aliphatic hydroxyl groups excluding tert-OH is 1. The van der Waals surface area contributed by atoms with Crippen molar-refractivity contribution in [3.63, 3.8) is 0 Å². The average molecular weight is 272 g/mol. The fraction of sp³-hybridized carbons (Fsp3) is 1.00. The topological polar surface area (TPSA) is 38.7 Å². The van der Waals surface area contributed by atoms with Crippen molar-refractivity contribution in [3.8, 4) is 0 Å². The van der Waals surface area contributed by atoms with Gasteiger partial charge in [0.15, 0.2) is 6.29 Å². The molecule has 0 spiro atoms. The second-order valence-corrected chi connectivity index (χ2v) is 6.50. The van der Waals surface area contributed by atoms with Crippen molar-refractivity contribution in [1.82, 2.24) is 0 Å². The van der Waals surface area contributed by atoms with Crippen molar-refractivity contribution < 1.29 is 14.6 Å². The van der Waals surface area contributed by atoms with Gasteiger partial charge in [0, 0.05) is 12.5 Å². The first-order valence-corrected chi connectivity index (χ1v) is 7.80. The second kappa shape index (κ2) is 7.61. The molecule has 4 unspecified atom stereocenters. The van der Waals surface area contributed by atoms with Gasteiger partial charge in [-0.15, -0.1) is 0 Å². The molecule has 0 aliphatic carbocycles. The molecule has 1 rings (SSSR count). The van der Waals surface area contributed by atoms with Crippen LogP contribution >= 0.6 is 0 Å². The molecule has 1 N–H and O–H groups in total. The number of ether oxygens (including phenoxy) is 2. The van der Waals surface area contributed by atoms with Gasteiger partial charge in [-0.3, -0.25) is 0 Å². The second-order valence-electron chi connectivity index (χ2n) is 6.50. The molecule has 3 nitrogen and oxygen atoms in total. The smallest absolute Gasteiger partial charge is 0.160 e. The summed E-state index contributed by atoms with van der Waals surface area (Å²) in [6.45, 7) is 14.1. The Labute approximate surface area is 118 Å². The van der Waals surface area contributed by atoms with E-state index in [1.165, 1.54) is 0 Å². The Morgan fingerprint density at radius 2 is 1.74 bits per heavy atom. The van der Waals surface area contributed by atoms with Gasteiger partial charge in [-0.1, -0.05) is 41.5 Å². The van der Waals surface area contributed by atoms with Gasteiger partial charge >= 0.3 is 0 Å². The van der Waals surface area contributed by atoms with Crippen LogP contribution in [0.4, 0.5) is 0 Å². The van der Waals surface area contributed by atoms with Gasteiger partial charge in [-0.2, -0.15) is 0 Å². The summed E-state index contributed by atoms with van der Waals surface area (Å²) in [5, 5.41) is 9.21. The molecule has 0 bridgehead atoms. The molecular weight excluding hydrogens is 240 g/mol. The minimum absolute atomic E-state index is 0.0565. The van der Waals surface area contributed by atoms with E-state index in [1.54, 1.807) is 0 Å². The van der Waals surface area contributed by atoms with E-state index < -0.39 is 0 Å². The van der Waals surface area contributed by atoms with Crippen molar-refractivity contribution in [1.29, 1.82) is 0 Å². The van der Waals surface area contributed by atoms with Gasteiger partial charge in [0.25, 0.3) is 0 Å².